The van der Waals surface area contributed by atoms with Gasteiger partial charge in [-0.3, -0.25) is 10.1 Å². The second-order valence-corrected chi connectivity index (χ2v) is 3.92. The van der Waals surface area contributed by atoms with Crippen molar-refractivity contribution in [3.05, 3.63) is 29.8 Å². The number of phenolic OH excluding ortho intramolecular Hbond substituents is 1. The van der Waals surface area contributed by atoms with Gasteiger partial charge >= 0.3 is 6.09 Å². The molecule has 16 heavy (non-hydrogen) atoms. The Morgan fingerprint density at radius 2 is 1.94 bits per heavy atom. The number of alkyl carbamates (subject to hydrolysis) is 1. The number of carbonyl (C=O) groups is 2. The van der Waals surface area contributed by atoms with Gasteiger partial charge in [0, 0.05) is 6.42 Å². The summed E-state index contributed by atoms with van der Waals surface area (Å²) in [6.07, 6.45) is -0.434. The molecule has 1 unspecified atom stereocenters. The van der Waals surface area contributed by atoms with Crippen LogP contribution in [0.3, 0.4) is 0 Å². The van der Waals surface area contributed by atoms with Gasteiger partial charge in [0.1, 0.15) is 5.75 Å². The molecule has 2 rings (SSSR count). The highest BCUT2D eigenvalue weighted by atomic mass is 16.6. The maximum atomic E-state index is 11.5. The van der Waals surface area contributed by atoms with Crippen LogP contribution >= 0.6 is 0 Å². The van der Waals surface area contributed by atoms with E-state index in [1.165, 1.54) is 12.1 Å². The largest absolute Gasteiger partial charge is 0.508 e. The summed E-state index contributed by atoms with van der Waals surface area (Å²) in [6, 6.07) is 6.40. The predicted octanol–water partition coefficient (Wildman–Crippen LogP) is 0.960. The summed E-state index contributed by atoms with van der Waals surface area (Å²) < 4.78 is 4.93. The lowest BCUT2D eigenvalue weighted by Crippen LogP contribution is -2.38. The molecular formula is C11H11NO4. The number of cyclic esters (lactones) is 1. The fourth-order valence-electron chi connectivity index (χ4n) is 1.62. The van der Waals surface area contributed by atoms with Crippen LogP contribution in [-0.2, 0) is 16.0 Å². The zero-order valence-electron chi connectivity index (χ0n) is 8.69. The predicted molar refractivity (Wildman–Crippen MR) is 54.8 cm³/mol. The Morgan fingerprint density at radius 1 is 1.31 bits per heavy atom. The van der Waals surface area contributed by atoms with Crippen LogP contribution in [0.5, 0.6) is 5.75 Å². The minimum atomic E-state index is -1.16. The molecule has 0 radical (unpaired) electrons. The highest BCUT2D eigenvalue weighted by Gasteiger charge is 2.44. The summed E-state index contributed by atoms with van der Waals surface area (Å²) in [5, 5.41) is 11.2. The van der Waals surface area contributed by atoms with Gasteiger partial charge < -0.3 is 9.84 Å². The van der Waals surface area contributed by atoms with Crippen LogP contribution in [0.4, 0.5) is 4.79 Å². The van der Waals surface area contributed by atoms with E-state index >= 15 is 0 Å². The molecule has 0 saturated carbocycles. The molecule has 1 saturated heterocycles. The van der Waals surface area contributed by atoms with Crippen molar-refractivity contribution >= 4 is 12.0 Å². The van der Waals surface area contributed by atoms with Gasteiger partial charge in [0.05, 0.1) is 0 Å². The van der Waals surface area contributed by atoms with Crippen molar-refractivity contribution in [2.75, 3.05) is 0 Å². The van der Waals surface area contributed by atoms with Crippen molar-refractivity contribution in [1.82, 2.24) is 5.32 Å². The Morgan fingerprint density at radius 3 is 2.44 bits per heavy atom. The van der Waals surface area contributed by atoms with Gasteiger partial charge in [-0.1, -0.05) is 12.1 Å². The number of aromatic hydroxyl groups is 1. The Bertz CT molecular complexity index is 440. The maximum absolute atomic E-state index is 11.5. The van der Waals surface area contributed by atoms with Crippen molar-refractivity contribution in [2.24, 2.45) is 0 Å². The molecule has 0 aliphatic carbocycles. The van der Waals surface area contributed by atoms with Gasteiger partial charge in [-0.05, 0) is 24.6 Å². The first kappa shape index (κ1) is 10.5. The third-order valence-electron chi connectivity index (χ3n) is 2.49. The van der Waals surface area contributed by atoms with Crippen LogP contribution in [0.15, 0.2) is 24.3 Å². The molecule has 1 aromatic rings. The molecular weight excluding hydrogens is 210 g/mol. The average molecular weight is 221 g/mol. The zero-order chi connectivity index (χ0) is 11.8. The molecule has 5 nitrogen and oxygen atoms in total. The van der Waals surface area contributed by atoms with E-state index in [2.05, 4.69) is 5.32 Å². The standard InChI is InChI=1S/C11H11NO4/c1-11(9(14)12-10(15)16-11)6-7-2-4-8(13)5-3-7/h2-5,13H,6H2,1H3,(H,12,14,15). The molecule has 2 amide bonds. The number of ether oxygens (including phenoxy) is 1. The van der Waals surface area contributed by atoms with Crippen molar-refractivity contribution < 1.29 is 19.4 Å². The van der Waals surface area contributed by atoms with E-state index in [9.17, 15) is 9.59 Å². The molecule has 84 valence electrons. The highest BCUT2D eigenvalue weighted by molar-refractivity contribution is 6.02. The van der Waals surface area contributed by atoms with Crippen molar-refractivity contribution in [3.63, 3.8) is 0 Å². The fourth-order valence-corrected chi connectivity index (χ4v) is 1.62. The quantitative estimate of drug-likeness (QED) is 0.779. The lowest BCUT2D eigenvalue weighted by molar-refractivity contribution is -0.129. The first-order chi connectivity index (χ1) is 7.49. The molecule has 1 heterocycles. The van der Waals surface area contributed by atoms with Crippen LogP contribution in [0, 0.1) is 0 Å². The Labute approximate surface area is 92.0 Å². The minimum Gasteiger partial charge on any atom is -0.508 e. The number of amides is 2. The van der Waals surface area contributed by atoms with E-state index < -0.39 is 17.6 Å². The molecule has 0 bridgehead atoms. The lowest BCUT2D eigenvalue weighted by Gasteiger charge is -2.18. The van der Waals surface area contributed by atoms with E-state index in [0.717, 1.165) is 5.56 Å². The second kappa shape index (κ2) is 3.52. The molecule has 1 aromatic carbocycles. The maximum Gasteiger partial charge on any atom is 0.415 e. The second-order valence-electron chi connectivity index (χ2n) is 3.92. The van der Waals surface area contributed by atoms with Gasteiger partial charge in [-0.25, -0.2) is 4.79 Å². The number of carbonyl (C=O) groups excluding carboxylic acids is 2. The van der Waals surface area contributed by atoms with Crippen molar-refractivity contribution in [1.29, 1.82) is 0 Å². The molecule has 1 aliphatic heterocycles. The number of benzene rings is 1. The summed E-state index contributed by atoms with van der Waals surface area (Å²) in [5.41, 5.74) is -0.348. The van der Waals surface area contributed by atoms with E-state index in [4.69, 9.17) is 9.84 Å². The lowest BCUT2D eigenvalue weighted by atomic mass is 9.96. The van der Waals surface area contributed by atoms with E-state index in [0.29, 0.717) is 0 Å². The number of nitrogens with one attached hydrogen (secondary N) is 1. The molecule has 0 aromatic heterocycles. The smallest absolute Gasteiger partial charge is 0.415 e. The first-order valence-corrected chi connectivity index (χ1v) is 4.82. The monoisotopic (exact) mass is 221 g/mol. The molecule has 1 fully saturated rings. The van der Waals surface area contributed by atoms with E-state index in [1.54, 1.807) is 19.1 Å². The summed E-state index contributed by atoms with van der Waals surface area (Å²) >= 11 is 0. The fraction of sp³-hybridized carbons (Fsp3) is 0.273. The van der Waals surface area contributed by atoms with Crippen LogP contribution in [0.1, 0.15) is 12.5 Å². The number of rotatable bonds is 2. The molecule has 1 atom stereocenters. The van der Waals surface area contributed by atoms with Crippen LogP contribution < -0.4 is 5.32 Å². The minimum absolute atomic E-state index is 0.154. The molecule has 5 heteroatoms. The van der Waals surface area contributed by atoms with Gasteiger partial charge in [-0.15, -0.1) is 0 Å². The Hall–Kier alpha value is -2.04. The van der Waals surface area contributed by atoms with Crippen LogP contribution in [-0.4, -0.2) is 22.7 Å². The van der Waals surface area contributed by atoms with Crippen LogP contribution in [0.2, 0.25) is 0 Å². The topological polar surface area (TPSA) is 75.6 Å². The summed E-state index contributed by atoms with van der Waals surface area (Å²) in [7, 11) is 0. The van der Waals surface area contributed by atoms with Gasteiger partial charge in [0.25, 0.3) is 5.91 Å². The normalized spacial score (nSPS) is 24.1. The van der Waals surface area contributed by atoms with Gasteiger partial charge in [0.15, 0.2) is 5.60 Å². The van der Waals surface area contributed by atoms with Crippen LogP contribution in [0.25, 0.3) is 0 Å². The third kappa shape index (κ3) is 1.84. The summed E-state index contributed by atoms with van der Waals surface area (Å²) in [4.78, 5) is 22.4. The number of hydrogen-bond donors (Lipinski definition) is 2. The zero-order valence-corrected chi connectivity index (χ0v) is 8.69. The summed E-state index contributed by atoms with van der Waals surface area (Å²) in [6.45, 7) is 1.56. The van der Waals surface area contributed by atoms with E-state index in [1.807, 2.05) is 0 Å². The third-order valence-corrected chi connectivity index (χ3v) is 2.49. The van der Waals surface area contributed by atoms with Gasteiger partial charge in [0.2, 0.25) is 0 Å². The van der Waals surface area contributed by atoms with Crippen molar-refractivity contribution in [3.8, 4) is 5.75 Å². The number of hydrogen-bond acceptors (Lipinski definition) is 4. The van der Waals surface area contributed by atoms with Crippen molar-refractivity contribution in [2.45, 2.75) is 18.9 Å². The Balaban J connectivity index is 2.18. The molecule has 1 aliphatic rings. The number of phenols is 1. The number of imide groups is 1. The highest BCUT2D eigenvalue weighted by Crippen LogP contribution is 2.23. The molecule has 0 spiro atoms. The Kier molecular flexibility index (Phi) is 2.30. The summed E-state index contributed by atoms with van der Waals surface area (Å²) in [5.74, 6) is -0.285. The average Bonchev–Trinajstić information content (AvgIpc) is 2.44. The molecule has 2 N–H and O–H groups in total. The van der Waals surface area contributed by atoms with E-state index in [-0.39, 0.29) is 12.2 Å². The SMILES string of the molecule is CC1(Cc2ccc(O)cc2)OC(=O)NC1=O. The van der Waals surface area contributed by atoms with Gasteiger partial charge in [-0.2, -0.15) is 0 Å². The first-order valence-electron chi connectivity index (χ1n) is 4.82.